The number of nitrogens with two attached hydrogens (primary N) is 1. The van der Waals surface area contributed by atoms with Gasteiger partial charge in [-0.05, 0) is 18.2 Å². The first-order chi connectivity index (χ1) is 9.34. The van der Waals surface area contributed by atoms with Gasteiger partial charge in [0.2, 0.25) is 0 Å². The van der Waals surface area contributed by atoms with Crippen LogP contribution >= 0.6 is 23.4 Å². The summed E-state index contributed by atoms with van der Waals surface area (Å²) in [4.78, 5) is 9.99. The quantitative estimate of drug-likeness (QED) is 0.859. The van der Waals surface area contributed by atoms with E-state index in [-0.39, 0.29) is 5.41 Å². The maximum atomic E-state index is 5.97. The van der Waals surface area contributed by atoms with E-state index in [2.05, 4.69) is 30.7 Å². The molecule has 3 nitrogen and oxygen atoms in total. The van der Waals surface area contributed by atoms with Crippen LogP contribution in [0, 0.1) is 0 Å². The predicted molar refractivity (Wildman–Crippen MR) is 86.2 cm³/mol. The first-order valence-electron chi connectivity index (χ1n) is 6.37. The van der Waals surface area contributed by atoms with Gasteiger partial charge in [0.1, 0.15) is 11.6 Å². The van der Waals surface area contributed by atoms with Gasteiger partial charge < -0.3 is 5.73 Å². The van der Waals surface area contributed by atoms with E-state index in [9.17, 15) is 0 Å². The molecule has 0 aliphatic heterocycles. The number of halogens is 1. The van der Waals surface area contributed by atoms with Crippen molar-refractivity contribution in [3.63, 3.8) is 0 Å². The molecular formula is C15H18ClN3S. The molecule has 0 fully saturated rings. The van der Waals surface area contributed by atoms with Crippen LogP contribution < -0.4 is 5.73 Å². The highest BCUT2D eigenvalue weighted by Gasteiger charge is 2.17. The minimum atomic E-state index is -0.0352. The Labute approximate surface area is 129 Å². The van der Waals surface area contributed by atoms with Crippen molar-refractivity contribution in [3.05, 3.63) is 46.9 Å². The van der Waals surface area contributed by atoms with E-state index in [0.717, 1.165) is 21.4 Å². The zero-order valence-corrected chi connectivity index (χ0v) is 13.4. The van der Waals surface area contributed by atoms with Gasteiger partial charge in [-0.1, -0.05) is 38.4 Å². The zero-order valence-electron chi connectivity index (χ0n) is 11.9. The Morgan fingerprint density at radius 2 is 1.95 bits per heavy atom. The monoisotopic (exact) mass is 307 g/mol. The number of hydrogen-bond acceptors (Lipinski definition) is 4. The Bertz CT molecular complexity index is 608. The fourth-order valence-corrected chi connectivity index (χ4v) is 2.74. The zero-order chi connectivity index (χ0) is 14.8. The lowest BCUT2D eigenvalue weighted by Crippen LogP contribution is -2.16. The van der Waals surface area contributed by atoms with Crippen molar-refractivity contribution in [3.8, 4) is 0 Å². The first-order valence-corrected chi connectivity index (χ1v) is 7.73. The molecule has 2 N–H and O–H groups in total. The lowest BCUT2D eigenvalue weighted by atomic mass is 9.92. The Morgan fingerprint density at radius 1 is 1.20 bits per heavy atom. The summed E-state index contributed by atoms with van der Waals surface area (Å²) in [6.07, 6.45) is 0. The minimum absolute atomic E-state index is 0.0352. The topological polar surface area (TPSA) is 51.8 Å². The summed E-state index contributed by atoms with van der Waals surface area (Å²) in [6.45, 7) is 6.34. The standard InChI is InChI=1S/C15H18ClN3S/c1-15(2,3)12-8-13(17)19-14(18-12)9-20-11-6-4-5-10(16)7-11/h4-8H,9H2,1-3H3,(H2,17,18,19). The Balaban J connectivity index is 2.16. The SMILES string of the molecule is CC(C)(C)c1cc(N)nc(CSc2cccc(Cl)c2)n1. The third-order valence-electron chi connectivity index (χ3n) is 2.72. The molecule has 0 amide bonds. The lowest BCUT2D eigenvalue weighted by Gasteiger charge is -2.18. The molecule has 1 heterocycles. The maximum absolute atomic E-state index is 5.97. The third-order valence-corrected chi connectivity index (χ3v) is 3.95. The number of benzene rings is 1. The second kappa shape index (κ2) is 6.02. The number of rotatable bonds is 3. The molecule has 0 atom stereocenters. The molecule has 106 valence electrons. The summed E-state index contributed by atoms with van der Waals surface area (Å²) in [5.74, 6) is 1.94. The van der Waals surface area contributed by atoms with Gasteiger partial charge in [0, 0.05) is 21.4 Å². The van der Waals surface area contributed by atoms with Gasteiger partial charge in [0.25, 0.3) is 0 Å². The minimum Gasteiger partial charge on any atom is -0.384 e. The fourth-order valence-electron chi connectivity index (χ4n) is 1.67. The highest BCUT2D eigenvalue weighted by molar-refractivity contribution is 7.98. The van der Waals surface area contributed by atoms with E-state index >= 15 is 0 Å². The lowest BCUT2D eigenvalue weighted by molar-refractivity contribution is 0.564. The van der Waals surface area contributed by atoms with Crippen molar-refractivity contribution in [2.45, 2.75) is 36.8 Å². The smallest absolute Gasteiger partial charge is 0.141 e. The van der Waals surface area contributed by atoms with E-state index in [1.165, 1.54) is 0 Å². The average molecular weight is 308 g/mol. The summed E-state index contributed by atoms with van der Waals surface area (Å²) in [5.41, 5.74) is 6.80. The number of nitrogens with zero attached hydrogens (tertiary/aromatic N) is 2. The van der Waals surface area contributed by atoms with E-state index in [1.54, 1.807) is 11.8 Å². The molecule has 1 aromatic heterocycles. The molecule has 0 bridgehead atoms. The summed E-state index contributed by atoms with van der Waals surface area (Å²) in [5, 5.41) is 0.735. The molecular weight excluding hydrogens is 290 g/mol. The van der Waals surface area contributed by atoms with Gasteiger partial charge in [-0.15, -0.1) is 11.8 Å². The van der Waals surface area contributed by atoms with Crippen LogP contribution in [0.1, 0.15) is 32.3 Å². The van der Waals surface area contributed by atoms with Gasteiger partial charge in [0.05, 0.1) is 11.4 Å². The third kappa shape index (κ3) is 4.12. The van der Waals surface area contributed by atoms with Gasteiger partial charge in [-0.25, -0.2) is 9.97 Å². The molecule has 5 heteroatoms. The summed E-state index contributed by atoms with van der Waals surface area (Å²) < 4.78 is 0. The summed E-state index contributed by atoms with van der Waals surface area (Å²) in [6, 6.07) is 9.59. The van der Waals surface area contributed by atoms with Crippen LogP contribution in [0.4, 0.5) is 5.82 Å². The first kappa shape index (κ1) is 15.1. The van der Waals surface area contributed by atoms with E-state index in [4.69, 9.17) is 17.3 Å². The number of aromatic nitrogens is 2. The number of hydrogen-bond donors (Lipinski definition) is 1. The van der Waals surface area contributed by atoms with Crippen LogP contribution in [0.25, 0.3) is 0 Å². The van der Waals surface area contributed by atoms with Crippen molar-refractivity contribution < 1.29 is 0 Å². The molecule has 0 saturated carbocycles. The van der Waals surface area contributed by atoms with Gasteiger partial charge in [-0.3, -0.25) is 0 Å². The largest absolute Gasteiger partial charge is 0.384 e. The maximum Gasteiger partial charge on any atom is 0.141 e. The van der Waals surface area contributed by atoms with Crippen molar-refractivity contribution in [2.24, 2.45) is 0 Å². The van der Waals surface area contributed by atoms with Crippen LogP contribution in [0.5, 0.6) is 0 Å². The molecule has 20 heavy (non-hydrogen) atoms. The van der Waals surface area contributed by atoms with Gasteiger partial charge in [0.15, 0.2) is 0 Å². The highest BCUT2D eigenvalue weighted by atomic mass is 35.5. The van der Waals surface area contributed by atoms with Crippen molar-refractivity contribution in [1.82, 2.24) is 9.97 Å². The fraction of sp³-hybridized carbons (Fsp3) is 0.333. The van der Waals surface area contributed by atoms with Crippen LogP contribution in [0.2, 0.25) is 5.02 Å². The molecule has 0 radical (unpaired) electrons. The van der Waals surface area contributed by atoms with E-state index < -0.39 is 0 Å². The summed E-state index contributed by atoms with van der Waals surface area (Å²) >= 11 is 7.62. The predicted octanol–water partition coefficient (Wildman–Crippen LogP) is 4.30. The van der Waals surface area contributed by atoms with Crippen molar-refractivity contribution in [2.75, 3.05) is 5.73 Å². The van der Waals surface area contributed by atoms with Crippen LogP contribution in [-0.2, 0) is 11.2 Å². The Hall–Kier alpha value is -1.26. The number of nitrogen functional groups attached to an aromatic ring is 1. The van der Waals surface area contributed by atoms with Crippen LogP contribution in [-0.4, -0.2) is 9.97 Å². The molecule has 2 rings (SSSR count). The number of thioether (sulfide) groups is 1. The van der Waals surface area contributed by atoms with Crippen LogP contribution in [0.3, 0.4) is 0 Å². The molecule has 0 unspecified atom stereocenters. The van der Waals surface area contributed by atoms with E-state index in [1.807, 2.05) is 30.3 Å². The van der Waals surface area contributed by atoms with E-state index in [0.29, 0.717) is 11.6 Å². The number of anilines is 1. The molecule has 0 aliphatic carbocycles. The van der Waals surface area contributed by atoms with Crippen molar-refractivity contribution >= 4 is 29.2 Å². The molecule has 1 aromatic carbocycles. The normalized spacial score (nSPS) is 11.6. The molecule has 0 saturated heterocycles. The van der Waals surface area contributed by atoms with Gasteiger partial charge >= 0.3 is 0 Å². The Morgan fingerprint density at radius 3 is 2.60 bits per heavy atom. The van der Waals surface area contributed by atoms with Gasteiger partial charge in [-0.2, -0.15) is 0 Å². The molecule has 0 aliphatic rings. The second-order valence-electron chi connectivity index (χ2n) is 5.59. The van der Waals surface area contributed by atoms with Crippen molar-refractivity contribution in [1.29, 1.82) is 0 Å². The Kier molecular flexibility index (Phi) is 4.55. The summed E-state index contributed by atoms with van der Waals surface area (Å²) in [7, 11) is 0. The average Bonchev–Trinajstić information content (AvgIpc) is 2.35. The molecule has 0 spiro atoms. The second-order valence-corrected chi connectivity index (χ2v) is 7.08. The van der Waals surface area contributed by atoms with Crippen LogP contribution in [0.15, 0.2) is 35.2 Å². The molecule has 2 aromatic rings. The highest BCUT2D eigenvalue weighted by Crippen LogP contribution is 2.26.